The van der Waals surface area contributed by atoms with E-state index >= 15 is 0 Å². The molecule has 5 aromatic rings. The quantitative estimate of drug-likeness (QED) is 0.393. The lowest BCUT2D eigenvalue weighted by atomic mass is 10.1. The predicted octanol–water partition coefficient (Wildman–Crippen LogP) is 3.35. The standard InChI is InChI=1S/C24H18ClN5O3/c25-19-8-2-1-6-15(19)13-27-23(31)17-12-18-22(28-20-9-3-4-10-29(20)24(18)32)30(21(17)26)14-16-7-5-11-33-16/h1-12,26H,13-14H2,(H,27,31). The van der Waals surface area contributed by atoms with Gasteiger partial charge in [0.1, 0.15) is 22.5 Å². The number of amides is 1. The second kappa shape index (κ2) is 8.40. The summed E-state index contributed by atoms with van der Waals surface area (Å²) in [5.74, 6) is 0.0751. The van der Waals surface area contributed by atoms with Crippen LogP contribution in [0.1, 0.15) is 21.7 Å². The van der Waals surface area contributed by atoms with E-state index in [0.717, 1.165) is 5.56 Å². The molecule has 5 rings (SSSR count). The summed E-state index contributed by atoms with van der Waals surface area (Å²) in [6, 6.07) is 17.3. The van der Waals surface area contributed by atoms with Crippen molar-refractivity contribution in [1.29, 1.82) is 5.41 Å². The van der Waals surface area contributed by atoms with Gasteiger partial charge in [0, 0.05) is 17.8 Å². The summed E-state index contributed by atoms with van der Waals surface area (Å²) in [7, 11) is 0. The van der Waals surface area contributed by atoms with Crippen LogP contribution in [0, 0.1) is 5.41 Å². The Morgan fingerprint density at radius 1 is 1.12 bits per heavy atom. The predicted molar refractivity (Wildman–Crippen MR) is 123 cm³/mol. The van der Waals surface area contributed by atoms with Crippen LogP contribution < -0.4 is 16.4 Å². The molecule has 9 heteroatoms. The van der Waals surface area contributed by atoms with Crippen LogP contribution in [0.2, 0.25) is 5.02 Å². The van der Waals surface area contributed by atoms with Gasteiger partial charge in [-0.3, -0.25) is 19.4 Å². The average Bonchev–Trinajstić information content (AvgIpc) is 3.34. The van der Waals surface area contributed by atoms with Gasteiger partial charge in [0.05, 0.1) is 23.8 Å². The van der Waals surface area contributed by atoms with Crippen molar-refractivity contribution in [2.24, 2.45) is 0 Å². The molecule has 0 fully saturated rings. The van der Waals surface area contributed by atoms with Crippen molar-refractivity contribution in [3.05, 3.63) is 111 Å². The number of pyridine rings is 2. The molecular weight excluding hydrogens is 442 g/mol. The molecule has 1 aromatic carbocycles. The van der Waals surface area contributed by atoms with Gasteiger partial charge >= 0.3 is 0 Å². The van der Waals surface area contributed by atoms with E-state index in [1.165, 1.54) is 21.3 Å². The van der Waals surface area contributed by atoms with Crippen LogP contribution in [-0.4, -0.2) is 19.9 Å². The Morgan fingerprint density at radius 3 is 2.73 bits per heavy atom. The molecular formula is C24H18ClN5O3. The van der Waals surface area contributed by atoms with Crippen LogP contribution in [0.3, 0.4) is 0 Å². The SMILES string of the molecule is N=c1c(C(=O)NCc2ccccc2Cl)cc2c(=O)n3ccccc3nc2n1Cc1ccco1. The van der Waals surface area contributed by atoms with Crippen molar-refractivity contribution in [1.82, 2.24) is 19.3 Å². The zero-order valence-electron chi connectivity index (χ0n) is 17.3. The molecule has 8 nitrogen and oxygen atoms in total. The van der Waals surface area contributed by atoms with Crippen LogP contribution in [0.15, 0.2) is 82.3 Å². The molecule has 0 atom stereocenters. The van der Waals surface area contributed by atoms with Crippen molar-refractivity contribution in [2.75, 3.05) is 0 Å². The van der Waals surface area contributed by atoms with E-state index in [1.807, 2.05) is 12.1 Å². The number of rotatable bonds is 5. The third-order valence-corrected chi connectivity index (χ3v) is 5.72. The number of halogens is 1. The largest absolute Gasteiger partial charge is 0.467 e. The Bertz CT molecular complexity index is 1620. The number of carbonyl (C=O) groups excluding carboxylic acids is 1. The highest BCUT2D eigenvalue weighted by atomic mass is 35.5. The summed E-state index contributed by atoms with van der Waals surface area (Å²) in [4.78, 5) is 30.9. The molecule has 0 spiro atoms. The number of carbonyl (C=O) groups is 1. The highest BCUT2D eigenvalue weighted by Gasteiger charge is 2.18. The van der Waals surface area contributed by atoms with E-state index in [9.17, 15) is 9.59 Å². The number of fused-ring (bicyclic) bond motifs is 2. The molecule has 2 N–H and O–H groups in total. The van der Waals surface area contributed by atoms with Crippen LogP contribution >= 0.6 is 11.6 Å². The number of furan rings is 1. The van der Waals surface area contributed by atoms with Gasteiger partial charge in [-0.15, -0.1) is 0 Å². The zero-order chi connectivity index (χ0) is 22.9. The van der Waals surface area contributed by atoms with E-state index < -0.39 is 5.91 Å². The number of aromatic nitrogens is 3. The first-order chi connectivity index (χ1) is 16.0. The second-order valence-corrected chi connectivity index (χ2v) is 7.84. The lowest BCUT2D eigenvalue weighted by Gasteiger charge is -2.14. The minimum absolute atomic E-state index is 0.0518. The smallest absolute Gasteiger partial charge is 0.267 e. The van der Waals surface area contributed by atoms with Crippen LogP contribution in [0.5, 0.6) is 0 Å². The number of hydrogen-bond acceptors (Lipinski definition) is 5. The number of nitrogens with one attached hydrogen (secondary N) is 2. The fourth-order valence-corrected chi connectivity index (χ4v) is 3.89. The van der Waals surface area contributed by atoms with Crippen molar-refractivity contribution in [2.45, 2.75) is 13.1 Å². The molecule has 0 saturated carbocycles. The molecule has 0 unspecified atom stereocenters. The van der Waals surface area contributed by atoms with Gasteiger partial charge in [0.25, 0.3) is 11.5 Å². The zero-order valence-corrected chi connectivity index (χ0v) is 18.0. The van der Waals surface area contributed by atoms with E-state index in [4.69, 9.17) is 21.4 Å². The third-order valence-electron chi connectivity index (χ3n) is 5.35. The fourth-order valence-electron chi connectivity index (χ4n) is 3.68. The summed E-state index contributed by atoms with van der Waals surface area (Å²) in [6.45, 7) is 0.326. The molecule has 164 valence electrons. The summed E-state index contributed by atoms with van der Waals surface area (Å²) < 4.78 is 8.37. The number of benzene rings is 1. The first-order valence-electron chi connectivity index (χ1n) is 10.2. The maximum Gasteiger partial charge on any atom is 0.267 e. The summed E-state index contributed by atoms with van der Waals surface area (Å²) in [6.07, 6.45) is 3.15. The van der Waals surface area contributed by atoms with E-state index in [1.54, 1.807) is 48.7 Å². The Labute approximate surface area is 192 Å². The molecule has 0 aliphatic heterocycles. The van der Waals surface area contributed by atoms with Crippen molar-refractivity contribution < 1.29 is 9.21 Å². The average molecular weight is 460 g/mol. The molecule has 33 heavy (non-hydrogen) atoms. The van der Waals surface area contributed by atoms with Gasteiger partial charge in [-0.05, 0) is 42.0 Å². The Morgan fingerprint density at radius 2 is 1.94 bits per heavy atom. The third kappa shape index (κ3) is 3.81. The maximum atomic E-state index is 13.2. The highest BCUT2D eigenvalue weighted by Crippen LogP contribution is 2.15. The minimum atomic E-state index is -0.493. The Kier molecular flexibility index (Phi) is 5.27. The monoisotopic (exact) mass is 459 g/mol. The van der Waals surface area contributed by atoms with E-state index in [2.05, 4.69) is 10.3 Å². The van der Waals surface area contributed by atoms with Gasteiger partial charge in [0.2, 0.25) is 0 Å². The van der Waals surface area contributed by atoms with Gasteiger partial charge in [-0.2, -0.15) is 0 Å². The van der Waals surface area contributed by atoms with Gasteiger partial charge < -0.3 is 14.3 Å². The molecule has 0 saturated heterocycles. The first-order valence-corrected chi connectivity index (χ1v) is 10.5. The lowest BCUT2D eigenvalue weighted by Crippen LogP contribution is -2.35. The van der Waals surface area contributed by atoms with Crippen LogP contribution in [0.4, 0.5) is 0 Å². The van der Waals surface area contributed by atoms with Crippen molar-refractivity contribution in [3.63, 3.8) is 0 Å². The first kappa shape index (κ1) is 20.7. The maximum absolute atomic E-state index is 13.2. The second-order valence-electron chi connectivity index (χ2n) is 7.43. The van der Waals surface area contributed by atoms with Gasteiger partial charge in [-0.1, -0.05) is 35.9 Å². The van der Waals surface area contributed by atoms with Crippen LogP contribution in [-0.2, 0) is 13.1 Å². The van der Waals surface area contributed by atoms with Gasteiger partial charge in [0.15, 0.2) is 0 Å². The van der Waals surface area contributed by atoms with E-state index in [0.29, 0.717) is 22.1 Å². The molecule has 4 heterocycles. The van der Waals surface area contributed by atoms with E-state index in [-0.39, 0.29) is 35.1 Å². The Hall–Kier alpha value is -4.17. The summed E-state index contributed by atoms with van der Waals surface area (Å²) in [5, 5.41) is 12.3. The van der Waals surface area contributed by atoms with Crippen molar-refractivity contribution in [3.8, 4) is 0 Å². The highest BCUT2D eigenvalue weighted by molar-refractivity contribution is 6.31. The fraction of sp³-hybridized carbons (Fsp3) is 0.0833. The van der Waals surface area contributed by atoms with Crippen LogP contribution in [0.25, 0.3) is 16.7 Å². The number of nitrogens with zero attached hydrogens (tertiary/aromatic N) is 3. The topological polar surface area (TPSA) is 105 Å². The lowest BCUT2D eigenvalue weighted by molar-refractivity contribution is 0.0948. The molecule has 0 radical (unpaired) electrons. The minimum Gasteiger partial charge on any atom is -0.467 e. The number of hydrogen-bond donors (Lipinski definition) is 2. The normalized spacial score (nSPS) is 11.2. The Balaban J connectivity index is 1.66. The summed E-state index contributed by atoms with van der Waals surface area (Å²) in [5.41, 5.74) is 1.13. The summed E-state index contributed by atoms with van der Waals surface area (Å²) >= 11 is 6.19. The van der Waals surface area contributed by atoms with Gasteiger partial charge in [-0.25, -0.2) is 4.98 Å². The molecule has 0 aliphatic carbocycles. The molecule has 0 aliphatic rings. The molecule has 0 bridgehead atoms. The molecule has 1 amide bonds. The molecule has 4 aromatic heterocycles. The van der Waals surface area contributed by atoms with Crippen molar-refractivity contribution >= 4 is 34.2 Å².